The Balaban J connectivity index is 1.97. The van der Waals surface area contributed by atoms with Crippen molar-refractivity contribution >= 4 is 0 Å². The molecule has 0 aromatic carbocycles. The Labute approximate surface area is 102 Å². The summed E-state index contributed by atoms with van der Waals surface area (Å²) >= 11 is 0. The Kier molecular flexibility index (Phi) is 4.14. The Morgan fingerprint density at radius 3 is 2.76 bits per heavy atom. The van der Waals surface area contributed by atoms with Crippen LogP contribution in [0, 0.1) is 6.92 Å². The molecule has 1 unspecified atom stereocenters. The summed E-state index contributed by atoms with van der Waals surface area (Å²) in [7, 11) is 0. The average Bonchev–Trinajstić information content (AvgIpc) is 2.83. The van der Waals surface area contributed by atoms with E-state index in [4.69, 9.17) is 9.47 Å². The van der Waals surface area contributed by atoms with Gasteiger partial charge in [-0.3, -0.25) is 0 Å². The maximum Gasteiger partial charge on any atom is 0.223 e. The van der Waals surface area contributed by atoms with Gasteiger partial charge in [0.25, 0.3) is 0 Å². The predicted octanol–water partition coefficient (Wildman–Crippen LogP) is 1.31. The third kappa shape index (κ3) is 3.06. The molecule has 0 radical (unpaired) electrons. The van der Waals surface area contributed by atoms with Gasteiger partial charge in [-0.15, -0.1) is 0 Å². The number of hydrogen-bond acceptors (Lipinski definition) is 5. The molecular weight excluding hydrogens is 218 g/mol. The summed E-state index contributed by atoms with van der Waals surface area (Å²) in [6, 6.07) is 0.444. The van der Waals surface area contributed by atoms with E-state index in [0.29, 0.717) is 31.0 Å². The van der Waals surface area contributed by atoms with Gasteiger partial charge in [-0.1, -0.05) is 0 Å². The number of nitrogens with one attached hydrogen (secondary N) is 1. The number of ether oxygens (including phenoxy) is 2. The highest BCUT2D eigenvalue weighted by Crippen LogP contribution is 2.22. The Hall–Kier alpha value is -1.36. The Bertz CT molecular complexity index is 365. The SMILES string of the molecule is CCOc1ncnc(OCC2CCCN2)c1C. The Morgan fingerprint density at radius 2 is 2.12 bits per heavy atom. The highest BCUT2D eigenvalue weighted by Gasteiger charge is 2.16. The first-order valence-electron chi connectivity index (χ1n) is 6.12. The fraction of sp³-hybridized carbons (Fsp3) is 0.667. The van der Waals surface area contributed by atoms with Gasteiger partial charge in [-0.2, -0.15) is 0 Å². The van der Waals surface area contributed by atoms with E-state index in [1.807, 2.05) is 13.8 Å². The highest BCUT2D eigenvalue weighted by atomic mass is 16.5. The molecule has 5 heteroatoms. The van der Waals surface area contributed by atoms with E-state index in [0.717, 1.165) is 12.1 Å². The number of nitrogens with zero attached hydrogens (tertiary/aromatic N) is 2. The van der Waals surface area contributed by atoms with Crippen LogP contribution in [0.3, 0.4) is 0 Å². The zero-order chi connectivity index (χ0) is 12.1. The van der Waals surface area contributed by atoms with Gasteiger partial charge < -0.3 is 14.8 Å². The van der Waals surface area contributed by atoms with Crippen molar-refractivity contribution in [2.24, 2.45) is 0 Å². The first-order chi connectivity index (χ1) is 8.31. The minimum absolute atomic E-state index is 0.444. The summed E-state index contributed by atoms with van der Waals surface area (Å²) in [5.41, 5.74) is 0.868. The van der Waals surface area contributed by atoms with Crippen LogP contribution in [0.15, 0.2) is 6.33 Å². The molecule has 0 spiro atoms. The second-order valence-corrected chi connectivity index (χ2v) is 4.15. The van der Waals surface area contributed by atoms with Crippen LogP contribution in [-0.4, -0.2) is 35.8 Å². The minimum atomic E-state index is 0.444. The minimum Gasteiger partial charge on any atom is -0.478 e. The van der Waals surface area contributed by atoms with E-state index < -0.39 is 0 Å². The average molecular weight is 237 g/mol. The second kappa shape index (κ2) is 5.82. The predicted molar refractivity (Wildman–Crippen MR) is 64.5 cm³/mol. The summed E-state index contributed by atoms with van der Waals surface area (Å²) < 4.78 is 11.1. The molecule has 0 aliphatic carbocycles. The lowest BCUT2D eigenvalue weighted by atomic mass is 10.2. The van der Waals surface area contributed by atoms with Crippen molar-refractivity contribution in [3.63, 3.8) is 0 Å². The molecule has 1 fully saturated rings. The van der Waals surface area contributed by atoms with Crippen molar-refractivity contribution in [2.45, 2.75) is 32.7 Å². The van der Waals surface area contributed by atoms with Crippen LogP contribution < -0.4 is 14.8 Å². The molecule has 1 aromatic rings. The van der Waals surface area contributed by atoms with Gasteiger partial charge in [0.2, 0.25) is 11.8 Å². The van der Waals surface area contributed by atoms with Crippen LogP contribution in [0.5, 0.6) is 11.8 Å². The molecule has 2 rings (SSSR count). The maximum absolute atomic E-state index is 5.71. The molecule has 1 atom stereocenters. The van der Waals surface area contributed by atoms with Gasteiger partial charge in [-0.25, -0.2) is 9.97 Å². The molecule has 0 bridgehead atoms. The van der Waals surface area contributed by atoms with Gasteiger partial charge in [-0.05, 0) is 33.2 Å². The molecule has 0 amide bonds. The van der Waals surface area contributed by atoms with Gasteiger partial charge >= 0.3 is 0 Å². The molecule has 5 nitrogen and oxygen atoms in total. The number of rotatable bonds is 5. The second-order valence-electron chi connectivity index (χ2n) is 4.15. The third-order valence-electron chi connectivity index (χ3n) is 2.86. The topological polar surface area (TPSA) is 56.3 Å². The molecule has 2 heterocycles. The smallest absolute Gasteiger partial charge is 0.223 e. The summed E-state index contributed by atoms with van der Waals surface area (Å²) in [5.74, 6) is 1.23. The van der Waals surface area contributed by atoms with E-state index in [2.05, 4.69) is 15.3 Å². The van der Waals surface area contributed by atoms with Crippen LogP contribution >= 0.6 is 0 Å². The van der Waals surface area contributed by atoms with Gasteiger partial charge in [0, 0.05) is 6.04 Å². The molecule has 94 valence electrons. The normalized spacial score (nSPS) is 19.3. The van der Waals surface area contributed by atoms with Crippen LogP contribution in [0.2, 0.25) is 0 Å². The molecule has 1 aromatic heterocycles. The molecule has 1 saturated heterocycles. The third-order valence-corrected chi connectivity index (χ3v) is 2.86. The van der Waals surface area contributed by atoms with Crippen molar-refractivity contribution in [3.8, 4) is 11.8 Å². The molecule has 1 N–H and O–H groups in total. The van der Waals surface area contributed by atoms with Gasteiger partial charge in [0.15, 0.2) is 0 Å². The largest absolute Gasteiger partial charge is 0.478 e. The number of hydrogen-bond donors (Lipinski definition) is 1. The van der Waals surface area contributed by atoms with Gasteiger partial charge in [0.05, 0.1) is 12.2 Å². The first-order valence-corrected chi connectivity index (χ1v) is 6.12. The van der Waals surface area contributed by atoms with E-state index >= 15 is 0 Å². The quantitative estimate of drug-likeness (QED) is 0.837. The fourth-order valence-electron chi connectivity index (χ4n) is 1.93. The lowest BCUT2D eigenvalue weighted by Gasteiger charge is -2.14. The molecule has 0 saturated carbocycles. The van der Waals surface area contributed by atoms with Crippen molar-refractivity contribution in [1.29, 1.82) is 0 Å². The standard InChI is InChI=1S/C12H19N3O2/c1-3-16-11-9(2)12(15-8-14-11)17-7-10-5-4-6-13-10/h8,10,13H,3-7H2,1-2H3. The maximum atomic E-state index is 5.71. The summed E-state index contributed by atoms with van der Waals surface area (Å²) in [6.45, 7) is 6.19. The van der Waals surface area contributed by atoms with E-state index in [1.165, 1.54) is 19.2 Å². The van der Waals surface area contributed by atoms with Crippen LogP contribution in [-0.2, 0) is 0 Å². The fourth-order valence-corrected chi connectivity index (χ4v) is 1.93. The van der Waals surface area contributed by atoms with Crippen LogP contribution in [0.1, 0.15) is 25.3 Å². The van der Waals surface area contributed by atoms with E-state index in [-0.39, 0.29) is 0 Å². The molecular formula is C12H19N3O2. The zero-order valence-electron chi connectivity index (χ0n) is 10.4. The lowest BCUT2D eigenvalue weighted by Crippen LogP contribution is -2.28. The Morgan fingerprint density at radius 1 is 1.35 bits per heavy atom. The number of aromatic nitrogens is 2. The molecule has 1 aliphatic heterocycles. The van der Waals surface area contributed by atoms with E-state index in [1.54, 1.807) is 0 Å². The lowest BCUT2D eigenvalue weighted by molar-refractivity contribution is 0.259. The first kappa shape index (κ1) is 12.1. The van der Waals surface area contributed by atoms with E-state index in [9.17, 15) is 0 Å². The summed E-state index contributed by atoms with van der Waals surface area (Å²) in [5, 5.41) is 3.39. The zero-order valence-corrected chi connectivity index (χ0v) is 10.4. The van der Waals surface area contributed by atoms with Crippen LogP contribution in [0.4, 0.5) is 0 Å². The van der Waals surface area contributed by atoms with Crippen molar-refractivity contribution in [3.05, 3.63) is 11.9 Å². The van der Waals surface area contributed by atoms with Crippen LogP contribution in [0.25, 0.3) is 0 Å². The van der Waals surface area contributed by atoms with Gasteiger partial charge in [0.1, 0.15) is 12.9 Å². The highest BCUT2D eigenvalue weighted by molar-refractivity contribution is 5.32. The monoisotopic (exact) mass is 237 g/mol. The van der Waals surface area contributed by atoms with Crippen molar-refractivity contribution < 1.29 is 9.47 Å². The molecule has 17 heavy (non-hydrogen) atoms. The summed E-state index contributed by atoms with van der Waals surface area (Å²) in [4.78, 5) is 8.22. The van der Waals surface area contributed by atoms with Crippen molar-refractivity contribution in [1.82, 2.24) is 15.3 Å². The summed E-state index contributed by atoms with van der Waals surface area (Å²) in [6.07, 6.45) is 3.87. The molecule has 1 aliphatic rings. The van der Waals surface area contributed by atoms with Crippen molar-refractivity contribution in [2.75, 3.05) is 19.8 Å².